The summed E-state index contributed by atoms with van der Waals surface area (Å²) >= 11 is 0. The lowest BCUT2D eigenvalue weighted by Gasteiger charge is -2.17. The molecule has 2 amide bonds. The average molecular weight is 426 g/mol. The molecule has 1 aromatic carbocycles. The molecule has 2 N–H and O–H groups in total. The molecule has 0 saturated carbocycles. The molecule has 0 unspecified atom stereocenters. The highest BCUT2D eigenvalue weighted by atomic mass is 16.4. The third-order valence-corrected chi connectivity index (χ3v) is 5.15. The van der Waals surface area contributed by atoms with E-state index >= 15 is 0 Å². The molecule has 1 aliphatic rings. The van der Waals surface area contributed by atoms with Gasteiger partial charge >= 0.3 is 12.0 Å². The Hall–Kier alpha value is -2.86. The Morgan fingerprint density at radius 1 is 1.16 bits per heavy atom. The van der Waals surface area contributed by atoms with E-state index < -0.39 is 5.97 Å². The summed E-state index contributed by atoms with van der Waals surface area (Å²) in [6.45, 7) is 6.87. The van der Waals surface area contributed by atoms with Crippen LogP contribution in [-0.2, 0) is 11.3 Å². The molecule has 0 spiro atoms. The third-order valence-electron chi connectivity index (χ3n) is 5.15. The molecule has 0 radical (unpaired) electrons. The van der Waals surface area contributed by atoms with E-state index in [1.165, 1.54) is 5.57 Å². The number of allylic oxidation sites excluding steroid dienone is 5. The van der Waals surface area contributed by atoms with Crippen molar-refractivity contribution in [3.63, 3.8) is 0 Å². The number of urea groups is 1. The van der Waals surface area contributed by atoms with Crippen LogP contribution in [0.2, 0.25) is 0 Å². The predicted molar refractivity (Wildman–Crippen MR) is 126 cm³/mol. The lowest BCUT2D eigenvalue weighted by atomic mass is 10.1. The lowest BCUT2D eigenvalue weighted by Crippen LogP contribution is -2.28. The fourth-order valence-electron chi connectivity index (χ4n) is 3.33. The zero-order valence-corrected chi connectivity index (χ0v) is 18.7. The Balaban J connectivity index is 1.89. The number of benzene rings is 1. The summed E-state index contributed by atoms with van der Waals surface area (Å²) in [6.07, 6.45) is 14.2. The van der Waals surface area contributed by atoms with E-state index in [1.807, 2.05) is 49.5 Å². The van der Waals surface area contributed by atoms with E-state index in [1.54, 1.807) is 9.80 Å². The average Bonchev–Trinajstić information content (AvgIpc) is 3.13. The lowest BCUT2D eigenvalue weighted by molar-refractivity contribution is -0.137. The van der Waals surface area contributed by atoms with E-state index in [2.05, 4.69) is 24.4 Å². The maximum atomic E-state index is 12.8. The second-order valence-corrected chi connectivity index (χ2v) is 7.65. The van der Waals surface area contributed by atoms with Gasteiger partial charge in [-0.3, -0.25) is 14.6 Å². The summed E-state index contributed by atoms with van der Waals surface area (Å²) in [5, 5.41) is 11.9. The molecule has 31 heavy (non-hydrogen) atoms. The minimum absolute atomic E-state index is 0.00308. The number of carboxylic acid groups (broad SMARTS) is 1. The fourth-order valence-corrected chi connectivity index (χ4v) is 3.33. The van der Waals surface area contributed by atoms with Crippen LogP contribution < -0.4 is 10.2 Å². The number of rotatable bonds is 13. The summed E-state index contributed by atoms with van der Waals surface area (Å²) < 4.78 is 0. The Bertz CT molecular complexity index is 797. The zero-order chi connectivity index (χ0) is 22.5. The second-order valence-electron chi connectivity index (χ2n) is 7.65. The van der Waals surface area contributed by atoms with Crippen LogP contribution in [0.1, 0.15) is 51.5 Å². The number of carboxylic acids is 1. The van der Waals surface area contributed by atoms with Gasteiger partial charge in [-0.1, -0.05) is 43.7 Å². The molecule has 1 heterocycles. The van der Waals surface area contributed by atoms with Crippen molar-refractivity contribution < 1.29 is 14.7 Å². The van der Waals surface area contributed by atoms with Crippen LogP contribution in [0.4, 0.5) is 10.5 Å². The van der Waals surface area contributed by atoms with E-state index in [-0.39, 0.29) is 12.5 Å². The normalized spacial score (nSPS) is 15.0. The maximum absolute atomic E-state index is 12.8. The molecule has 0 aliphatic carbocycles. The molecule has 6 heteroatoms. The number of unbranched alkanes of at least 4 members (excludes halogenated alkanes) is 1. The fraction of sp³-hybridized carbons (Fsp3) is 0.440. The first-order chi connectivity index (χ1) is 15.0. The Morgan fingerprint density at radius 2 is 1.94 bits per heavy atom. The van der Waals surface area contributed by atoms with Gasteiger partial charge in [-0.15, -0.1) is 0 Å². The van der Waals surface area contributed by atoms with Crippen molar-refractivity contribution in [1.29, 1.82) is 0 Å². The van der Waals surface area contributed by atoms with Gasteiger partial charge in [0.25, 0.3) is 0 Å². The number of carbonyl (C=O) groups is 2. The summed E-state index contributed by atoms with van der Waals surface area (Å²) in [7, 11) is 0. The largest absolute Gasteiger partial charge is 0.481 e. The first-order valence-corrected chi connectivity index (χ1v) is 11.1. The van der Waals surface area contributed by atoms with Gasteiger partial charge in [0, 0.05) is 37.9 Å². The van der Waals surface area contributed by atoms with Crippen LogP contribution in [0.3, 0.4) is 0 Å². The standard InChI is InChI=1S/C25H35N3O3/c1-3-5-8-21(9-6-4-2)15-17-27-18-19-28(25(27)31)23-13-11-22(12-14-23)20-26-16-7-10-24(29)30/h3,5,8,11-15,17,26H,4,6-7,9-10,16,18-20H2,1-2H3,(H,29,30)/b5-3-,17-15+,21-8-. The van der Waals surface area contributed by atoms with E-state index in [0.29, 0.717) is 32.6 Å². The van der Waals surface area contributed by atoms with Gasteiger partial charge in [0.15, 0.2) is 0 Å². The van der Waals surface area contributed by atoms with E-state index in [0.717, 1.165) is 30.5 Å². The molecule has 168 valence electrons. The van der Waals surface area contributed by atoms with Crippen LogP contribution in [0.5, 0.6) is 0 Å². The van der Waals surface area contributed by atoms with Crippen molar-refractivity contribution in [2.75, 3.05) is 24.5 Å². The topological polar surface area (TPSA) is 72.9 Å². The van der Waals surface area contributed by atoms with Gasteiger partial charge in [-0.05, 0) is 62.1 Å². The SMILES string of the molecule is C\C=C/C=C(\C=C\N1CCN(c2ccc(CNCCCC(=O)O)cc2)C1=O)CCCC. The maximum Gasteiger partial charge on any atom is 0.328 e. The smallest absolute Gasteiger partial charge is 0.328 e. The highest BCUT2D eigenvalue weighted by molar-refractivity contribution is 5.94. The quantitative estimate of drug-likeness (QED) is 0.341. The number of hydrogen-bond donors (Lipinski definition) is 2. The first-order valence-electron chi connectivity index (χ1n) is 11.1. The number of nitrogens with one attached hydrogen (secondary N) is 1. The van der Waals surface area contributed by atoms with Gasteiger partial charge in [0.05, 0.1) is 0 Å². The van der Waals surface area contributed by atoms with Crippen LogP contribution in [0.15, 0.2) is 60.3 Å². The van der Waals surface area contributed by atoms with Crippen LogP contribution in [-0.4, -0.2) is 41.6 Å². The minimum atomic E-state index is -0.767. The zero-order valence-electron chi connectivity index (χ0n) is 18.7. The van der Waals surface area contributed by atoms with Crippen molar-refractivity contribution in [3.05, 3.63) is 65.9 Å². The molecule has 1 fully saturated rings. The number of anilines is 1. The van der Waals surface area contributed by atoms with Crippen LogP contribution in [0.25, 0.3) is 0 Å². The van der Waals surface area contributed by atoms with Gasteiger partial charge in [-0.25, -0.2) is 4.79 Å². The van der Waals surface area contributed by atoms with Crippen LogP contribution >= 0.6 is 0 Å². The molecule has 1 aromatic rings. The third kappa shape index (κ3) is 8.42. The monoisotopic (exact) mass is 425 g/mol. The van der Waals surface area contributed by atoms with E-state index in [9.17, 15) is 9.59 Å². The Labute approximate surface area is 185 Å². The number of nitrogens with zero attached hydrogens (tertiary/aromatic N) is 2. The minimum Gasteiger partial charge on any atom is -0.481 e. The van der Waals surface area contributed by atoms with Crippen molar-refractivity contribution >= 4 is 17.7 Å². The molecule has 0 atom stereocenters. The number of amides is 2. The van der Waals surface area contributed by atoms with Gasteiger partial charge < -0.3 is 10.4 Å². The van der Waals surface area contributed by atoms with Crippen molar-refractivity contribution in [3.8, 4) is 0 Å². The van der Waals surface area contributed by atoms with Crippen molar-refractivity contribution in [2.45, 2.75) is 52.5 Å². The molecule has 2 rings (SSSR count). The van der Waals surface area contributed by atoms with Crippen molar-refractivity contribution in [1.82, 2.24) is 10.2 Å². The molecular weight excluding hydrogens is 390 g/mol. The summed E-state index contributed by atoms with van der Waals surface area (Å²) in [4.78, 5) is 26.9. The molecular formula is C25H35N3O3. The Kier molecular flexibility index (Phi) is 10.6. The Morgan fingerprint density at radius 3 is 2.61 bits per heavy atom. The first kappa shape index (κ1) is 24.4. The highest BCUT2D eigenvalue weighted by Crippen LogP contribution is 2.22. The van der Waals surface area contributed by atoms with Gasteiger partial charge in [0.1, 0.15) is 0 Å². The molecule has 1 aliphatic heterocycles. The summed E-state index contributed by atoms with van der Waals surface area (Å²) in [5.41, 5.74) is 3.23. The van der Waals surface area contributed by atoms with Gasteiger partial charge in [-0.2, -0.15) is 0 Å². The van der Waals surface area contributed by atoms with Crippen LogP contribution in [0, 0.1) is 0 Å². The molecule has 0 aromatic heterocycles. The number of hydrogen-bond acceptors (Lipinski definition) is 3. The summed E-state index contributed by atoms with van der Waals surface area (Å²) in [6, 6.07) is 7.95. The molecule has 0 bridgehead atoms. The predicted octanol–water partition coefficient (Wildman–Crippen LogP) is 5.09. The highest BCUT2D eigenvalue weighted by Gasteiger charge is 2.27. The number of carbonyl (C=O) groups excluding carboxylic acids is 1. The second kappa shape index (κ2) is 13.4. The molecule has 1 saturated heterocycles. The van der Waals surface area contributed by atoms with Gasteiger partial charge in [0.2, 0.25) is 0 Å². The van der Waals surface area contributed by atoms with E-state index in [4.69, 9.17) is 5.11 Å². The molecule has 6 nitrogen and oxygen atoms in total. The summed E-state index contributed by atoms with van der Waals surface area (Å²) in [5.74, 6) is -0.767. The van der Waals surface area contributed by atoms with Crippen molar-refractivity contribution in [2.24, 2.45) is 0 Å². The number of aliphatic carboxylic acids is 1.